The molecule has 1 saturated carbocycles. The van der Waals surface area contributed by atoms with E-state index in [9.17, 15) is 13.5 Å². The quantitative estimate of drug-likeness (QED) is 0.218. The van der Waals surface area contributed by atoms with Gasteiger partial charge >= 0.3 is 0 Å². The van der Waals surface area contributed by atoms with Gasteiger partial charge in [-0.3, -0.25) is 0 Å². The predicted octanol–water partition coefficient (Wildman–Crippen LogP) is 3.18. The summed E-state index contributed by atoms with van der Waals surface area (Å²) in [5.74, 6) is -2.44. The number of ether oxygens (including phenoxy) is 4. The van der Waals surface area contributed by atoms with Gasteiger partial charge in [-0.05, 0) is 23.6 Å². The zero-order chi connectivity index (χ0) is 32.2. The molecule has 7 rings (SSSR count). The van der Waals surface area contributed by atoms with E-state index in [1.54, 1.807) is 6.92 Å². The highest BCUT2D eigenvalue weighted by Crippen LogP contribution is 2.67. The number of aromatic nitrogens is 4. The lowest BCUT2D eigenvalue weighted by Gasteiger charge is -2.44. The van der Waals surface area contributed by atoms with E-state index in [-0.39, 0.29) is 37.0 Å². The van der Waals surface area contributed by atoms with Gasteiger partial charge in [-0.25, -0.2) is 17.9 Å². The van der Waals surface area contributed by atoms with Crippen molar-refractivity contribution in [3.8, 4) is 0 Å². The van der Waals surface area contributed by atoms with Crippen LogP contribution >= 0.6 is 0 Å². The minimum absolute atomic E-state index is 0.00578. The molecule has 3 heterocycles. The summed E-state index contributed by atoms with van der Waals surface area (Å²) in [4.78, 5) is 8.23. The monoisotopic (exact) mass is 643 g/mol. The normalized spacial score (nSPS) is 27.1. The molecular weight excluding hydrogens is 610 g/mol. The number of nitrogens with two attached hydrogens (primary N) is 1. The Kier molecular flexibility index (Phi) is 7.42. The van der Waals surface area contributed by atoms with E-state index in [4.69, 9.17) is 24.7 Å². The average Bonchev–Trinajstić information content (AvgIpc) is 3.33. The number of aliphatic hydroxyl groups is 1. The number of hydrogen-bond acceptors (Lipinski definition) is 11. The summed E-state index contributed by atoms with van der Waals surface area (Å²) in [6.07, 6.45) is 0.869. The smallest absolute Gasteiger partial charge is 0.267 e. The topological polar surface area (TPSA) is 160 Å². The van der Waals surface area contributed by atoms with Gasteiger partial charge in [0.15, 0.2) is 22.7 Å². The number of nitrogens with zero attached hydrogens (tertiary/aromatic N) is 4. The van der Waals surface area contributed by atoms with Crippen molar-refractivity contribution in [2.75, 3.05) is 12.0 Å². The van der Waals surface area contributed by atoms with Crippen molar-refractivity contribution in [1.29, 1.82) is 0 Å². The molecule has 12 nitrogen and oxygen atoms in total. The van der Waals surface area contributed by atoms with Crippen molar-refractivity contribution in [3.63, 3.8) is 0 Å². The minimum atomic E-state index is -3.87. The number of imidazole rings is 1. The summed E-state index contributed by atoms with van der Waals surface area (Å²) in [6.45, 7) is 2.23. The molecule has 2 unspecified atom stereocenters. The van der Waals surface area contributed by atoms with Crippen LogP contribution in [0.3, 0.4) is 0 Å². The van der Waals surface area contributed by atoms with E-state index in [1.807, 2.05) is 91.0 Å². The lowest BCUT2D eigenvalue weighted by molar-refractivity contribution is -0.325. The van der Waals surface area contributed by atoms with Crippen LogP contribution in [-0.4, -0.2) is 62.8 Å². The molecule has 238 valence electrons. The van der Waals surface area contributed by atoms with Crippen molar-refractivity contribution in [3.05, 3.63) is 120 Å². The maximum Gasteiger partial charge on any atom is 0.267 e. The van der Waals surface area contributed by atoms with Crippen LogP contribution in [0.15, 0.2) is 102 Å². The molecule has 3 N–H and O–H groups in total. The zero-order valence-corrected chi connectivity index (χ0v) is 26.0. The average molecular weight is 644 g/mol. The van der Waals surface area contributed by atoms with Gasteiger partial charge in [-0.1, -0.05) is 91.0 Å². The third-order valence-electron chi connectivity index (χ3n) is 8.71. The maximum atomic E-state index is 12.7. The van der Waals surface area contributed by atoms with Gasteiger partial charge in [0, 0.05) is 6.26 Å². The lowest BCUT2D eigenvalue weighted by atomic mass is 9.85. The summed E-state index contributed by atoms with van der Waals surface area (Å²) < 4.78 is 52.4. The largest absolute Gasteiger partial charge is 0.380 e. The first kappa shape index (κ1) is 30.4. The van der Waals surface area contributed by atoms with Crippen LogP contribution in [0.5, 0.6) is 0 Å². The van der Waals surface area contributed by atoms with Crippen molar-refractivity contribution in [1.82, 2.24) is 19.6 Å². The Labute approximate surface area is 265 Å². The van der Waals surface area contributed by atoms with Gasteiger partial charge in [-0.15, -0.1) is 5.10 Å². The zero-order valence-electron chi connectivity index (χ0n) is 25.2. The Balaban J connectivity index is 1.34. The van der Waals surface area contributed by atoms with Crippen molar-refractivity contribution < 1.29 is 32.5 Å². The van der Waals surface area contributed by atoms with Crippen molar-refractivity contribution in [2.24, 2.45) is 0 Å². The van der Waals surface area contributed by atoms with Crippen molar-refractivity contribution >= 4 is 21.3 Å². The Morgan fingerprint density at radius 3 is 2.00 bits per heavy atom. The second-order valence-electron chi connectivity index (χ2n) is 11.7. The molecule has 0 amide bonds. The second-order valence-corrected chi connectivity index (χ2v) is 13.6. The fraction of sp³-hybridized carbons (Fsp3) is 0.303. The first-order valence-corrected chi connectivity index (χ1v) is 16.6. The molecule has 5 atom stereocenters. The molecule has 46 heavy (non-hydrogen) atoms. The Morgan fingerprint density at radius 2 is 1.43 bits per heavy atom. The van der Waals surface area contributed by atoms with Crippen molar-refractivity contribution in [2.45, 2.75) is 61.1 Å². The van der Waals surface area contributed by atoms with E-state index in [1.165, 1.54) is 6.20 Å². The van der Waals surface area contributed by atoms with Gasteiger partial charge in [0.05, 0.1) is 26.0 Å². The highest BCUT2D eigenvalue weighted by molar-refractivity contribution is 7.90. The van der Waals surface area contributed by atoms with E-state index in [2.05, 4.69) is 15.1 Å². The standard InChI is InChI=1S/C33H33N5O7S/c1-31(43-20-23-14-8-4-9-15-23)32(44-21-24-16-10-5-11-17-24)26(42-19-22-12-6-3-7-13-22)27(32)45-33(31,39)25-18-35-29-28(34)36-30(37-38(25)29)46(2,40)41/h3-18,26-27,39H,19-21H2,1-2H3,(H2,34,36,37)/t26?,27-,31-,32-,33?/m1/s1. The molecule has 13 heteroatoms. The maximum absolute atomic E-state index is 12.7. The highest BCUT2D eigenvalue weighted by atomic mass is 32.2. The number of hydrogen-bond donors (Lipinski definition) is 2. The van der Waals surface area contributed by atoms with Gasteiger partial charge < -0.3 is 29.8 Å². The highest BCUT2D eigenvalue weighted by Gasteiger charge is 2.90. The SMILES string of the molecule is C[C@]1(OCc2ccccc2)C(O)(c2cnc3c(N)nc(S(C)(=O)=O)nn23)O[C@@H]2C(OCc3ccccc3)[C@@]21OCc1ccccc1. The molecule has 1 aliphatic heterocycles. The van der Waals surface area contributed by atoms with Crippen LogP contribution in [0.25, 0.3) is 5.65 Å². The molecule has 2 fully saturated rings. The van der Waals surface area contributed by atoms with Gasteiger partial charge in [0.2, 0.25) is 15.6 Å². The molecule has 2 aromatic heterocycles. The van der Waals surface area contributed by atoms with Crippen LogP contribution in [0, 0.1) is 0 Å². The van der Waals surface area contributed by atoms with Gasteiger partial charge in [-0.2, -0.15) is 4.98 Å². The molecule has 1 saturated heterocycles. The third kappa shape index (κ3) is 4.87. The summed E-state index contributed by atoms with van der Waals surface area (Å²) in [5.41, 5.74) is 5.87. The fourth-order valence-electron chi connectivity index (χ4n) is 6.20. The summed E-state index contributed by atoms with van der Waals surface area (Å²) in [7, 11) is -3.87. The molecule has 2 aliphatic rings. The predicted molar refractivity (Wildman–Crippen MR) is 166 cm³/mol. The molecule has 0 spiro atoms. The molecule has 1 aliphatic carbocycles. The Bertz CT molecular complexity index is 1980. The number of nitrogen functional groups attached to an aromatic ring is 1. The minimum Gasteiger partial charge on any atom is -0.380 e. The number of rotatable bonds is 11. The summed E-state index contributed by atoms with van der Waals surface area (Å²) in [6, 6.07) is 28.8. The first-order chi connectivity index (χ1) is 22.1. The summed E-state index contributed by atoms with van der Waals surface area (Å²) >= 11 is 0. The van der Waals surface area contributed by atoms with Crippen LogP contribution in [0.1, 0.15) is 29.3 Å². The molecular formula is C33H33N5O7S. The Hall–Kier alpha value is -4.24. The van der Waals surface area contributed by atoms with Crippen LogP contribution in [-0.2, 0) is 54.4 Å². The van der Waals surface area contributed by atoms with Gasteiger partial charge in [0.25, 0.3) is 5.16 Å². The molecule has 3 aromatic carbocycles. The number of fused-ring (bicyclic) bond motifs is 2. The number of sulfone groups is 1. The summed E-state index contributed by atoms with van der Waals surface area (Å²) in [5, 5.41) is 16.4. The Morgan fingerprint density at radius 1 is 0.891 bits per heavy atom. The van der Waals surface area contributed by atoms with E-state index < -0.39 is 44.2 Å². The molecule has 0 bridgehead atoms. The van der Waals surface area contributed by atoms with Gasteiger partial charge in [0.1, 0.15) is 17.9 Å². The van der Waals surface area contributed by atoms with Crippen LogP contribution in [0.2, 0.25) is 0 Å². The van der Waals surface area contributed by atoms with Crippen LogP contribution in [0.4, 0.5) is 5.82 Å². The first-order valence-electron chi connectivity index (χ1n) is 14.7. The second kappa shape index (κ2) is 11.2. The number of anilines is 1. The molecule has 5 aromatic rings. The van der Waals surface area contributed by atoms with Crippen LogP contribution < -0.4 is 5.73 Å². The third-order valence-corrected chi connectivity index (χ3v) is 9.55. The van der Waals surface area contributed by atoms with E-state index >= 15 is 0 Å². The lowest BCUT2D eigenvalue weighted by Crippen LogP contribution is -2.60. The van der Waals surface area contributed by atoms with E-state index in [0.717, 1.165) is 27.5 Å². The van der Waals surface area contributed by atoms with E-state index in [0.29, 0.717) is 0 Å². The fourth-order valence-corrected chi connectivity index (χ4v) is 6.69. The molecule has 0 radical (unpaired) electrons. The number of benzene rings is 3.